The van der Waals surface area contributed by atoms with E-state index in [1.165, 1.54) is 6.07 Å². The second kappa shape index (κ2) is 5.66. The molecule has 1 N–H and O–H groups in total. The van der Waals surface area contributed by atoms with E-state index in [-0.39, 0.29) is 12.2 Å². The third kappa shape index (κ3) is 4.25. The zero-order valence-corrected chi connectivity index (χ0v) is 9.50. The number of rotatable bonds is 4. The van der Waals surface area contributed by atoms with Crippen molar-refractivity contribution >= 4 is 28.0 Å². The smallest absolute Gasteiger partial charge is 0.303 e. The van der Waals surface area contributed by atoms with Crippen LogP contribution in [0.25, 0.3) is 6.08 Å². The van der Waals surface area contributed by atoms with Gasteiger partial charge in [0, 0.05) is 16.5 Å². The molecule has 0 spiro atoms. The summed E-state index contributed by atoms with van der Waals surface area (Å²) in [5.41, 5.74) is 0.462. The van der Waals surface area contributed by atoms with Gasteiger partial charge >= 0.3 is 5.97 Å². The first kappa shape index (κ1) is 11.9. The summed E-state index contributed by atoms with van der Waals surface area (Å²) in [7, 11) is 0. The lowest BCUT2D eigenvalue weighted by Gasteiger charge is -1.97. The van der Waals surface area contributed by atoms with Crippen molar-refractivity contribution in [3.05, 3.63) is 40.1 Å². The van der Waals surface area contributed by atoms with Crippen LogP contribution in [0.2, 0.25) is 0 Å². The van der Waals surface area contributed by atoms with Crippen LogP contribution in [-0.4, -0.2) is 11.1 Å². The standard InChI is InChI=1S/C11H10BrFO2/c12-9-6-5-8(10(13)7-9)3-1-2-4-11(14)15/h1,3,5-7H,2,4H2,(H,14,15)/b3-1+. The molecule has 1 aromatic carbocycles. The van der Waals surface area contributed by atoms with Gasteiger partial charge in [-0.25, -0.2) is 4.39 Å². The van der Waals surface area contributed by atoms with Crippen molar-refractivity contribution in [2.45, 2.75) is 12.8 Å². The summed E-state index contributed by atoms with van der Waals surface area (Å²) in [5.74, 6) is -1.17. The molecule has 1 aromatic rings. The van der Waals surface area contributed by atoms with Crippen molar-refractivity contribution in [2.24, 2.45) is 0 Å². The molecule has 0 aliphatic carbocycles. The summed E-state index contributed by atoms with van der Waals surface area (Å²) in [6.07, 6.45) is 3.71. The molecule has 0 amide bonds. The highest BCUT2D eigenvalue weighted by Crippen LogP contribution is 2.16. The van der Waals surface area contributed by atoms with E-state index in [2.05, 4.69) is 15.9 Å². The number of carboxylic acid groups (broad SMARTS) is 1. The quantitative estimate of drug-likeness (QED) is 0.912. The van der Waals surface area contributed by atoms with Crippen LogP contribution in [0.3, 0.4) is 0 Å². The van der Waals surface area contributed by atoms with Crippen molar-refractivity contribution in [3.63, 3.8) is 0 Å². The minimum absolute atomic E-state index is 0.0641. The van der Waals surface area contributed by atoms with Gasteiger partial charge in [0.1, 0.15) is 5.82 Å². The van der Waals surface area contributed by atoms with Gasteiger partial charge in [-0.2, -0.15) is 0 Å². The molecule has 15 heavy (non-hydrogen) atoms. The van der Waals surface area contributed by atoms with E-state index in [1.807, 2.05) is 0 Å². The average molecular weight is 273 g/mol. The van der Waals surface area contributed by atoms with Crippen LogP contribution in [0.1, 0.15) is 18.4 Å². The Morgan fingerprint density at radius 1 is 1.53 bits per heavy atom. The predicted molar refractivity (Wildman–Crippen MR) is 60.0 cm³/mol. The number of allylic oxidation sites excluding steroid dienone is 1. The van der Waals surface area contributed by atoms with Crippen LogP contribution in [-0.2, 0) is 4.79 Å². The van der Waals surface area contributed by atoms with Crippen LogP contribution in [0.4, 0.5) is 4.39 Å². The highest BCUT2D eigenvalue weighted by atomic mass is 79.9. The van der Waals surface area contributed by atoms with Crippen LogP contribution in [0.15, 0.2) is 28.7 Å². The molecule has 0 aromatic heterocycles. The summed E-state index contributed by atoms with van der Waals surface area (Å²) in [6, 6.07) is 4.74. The molecular weight excluding hydrogens is 263 g/mol. The first-order valence-electron chi connectivity index (χ1n) is 4.43. The van der Waals surface area contributed by atoms with Crippen LogP contribution >= 0.6 is 15.9 Å². The molecule has 80 valence electrons. The Kier molecular flexibility index (Phi) is 4.49. The fourth-order valence-corrected chi connectivity index (χ4v) is 1.39. The maximum absolute atomic E-state index is 13.2. The SMILES string of the molecule is O=C(O)CC/C=C/c1ccc(Br)cc1F. The Morgan fingerprint density at radius 2 is 2.27 bits per heavy atom. The van der Waals surface area contributed by atoms with Gasteiger partial charge in [-0.05, 0) is 18.6 Å². The van der Waals surface area contributed by atoms with Gasteiger partial charge in [-0.15, -0.1) is 0 Å². The second-order valence-corrected chi connectivity index (χ2v) is 3.92. The molecule has 0 saturated carbocycles. The maximum Gasteiger partial charge on any atom is 0.303 e. The summed E-state index contributed by atoms with van der Waals surface area (Å²) < 4.78 is 13.9. The fraction of sp³-hybridized carbons (Fsp3) is 0.182. The van der Waals surface area contributed by atoms with Gasteiger partial charge in [0.2, 0.25) is 0 Å². The molecule has 0 aliphatic heterocycles. The van der Waals surface area contributed by atoms with Gasteiger partial charge in [0.05, 0.1) is 0 Å². The minimum atomic E-state index is -0.851. The van der Waals surface area contributed by atoms with E-state index in [0.717, 1.165) is 0 Å². The highest BCUT2D eigenvalue weighted by molar-refractivity contribution is 9.10. The molecule has 0 fully saturated rings. The summed E-state index contributed by atoms with van der Waals surface area (Å²) in [4.78, 5) is 10.2. The van der Waals surface area contributed by atoms with E-state index in [9.17, 15) is 9.18 Å². The van der Waals surface area contributed by atoms with Crippen LogP contribution in [0.5, 0.6) is 0 Å². The molecule has 0 heterocycles. The molecule has 0 aliphatic rings. The lowest BCUT2D eigenvalue weighted by molar-refractivity contribution is -0.136. The van der Waals surface area contributed by atoms with E-state index < -0.39 is 5.97 Å². The van der Waals surface area contributed by atoms with E-state index >= 15 is 0 Å². The molecule has 1 rings (SSSR count). The molecule has 0 unspecified atom stereocenters. The largest absolute Gasteiger partial charge is 0.481 e. The van der Waals surface area contributed by atoms with E-state index in [4.69, 9.17) is 5.11 Å². The zero-order chi connectivity index (χ0) is 11.3. The Hall–Kier alpha value is -1.16. The number of carbonyl (C=O) groups is 1. The van der Waals surface area contributed by atoms with Gasteiger partial charge < -0.3 is 5.11 Å². The number of aliphatic carboxylic acids is 1. The first-order chi connectivity index (χ1) is 7.09. The van der Waals surface area contributed by atoms with Gasteiger partial charge in [0.25, 0.3) is 0 Å². The van der Waals surface area contributed by atoms with Gasteiger partial charge in [-0.1, -0.05) is 34.1 Å². The molecular formula is C11H10BrFO2. The fourth-order valence-electron chi connectivity index (χ4n) is 1.05. The number of hydrogen-bond donors (Lipinski definition) is 1. The number of benzene rings is 1. The van der Waals surface area contributed by atoms with Crippen LogP contribution < -0.4 is 0 Å². The van der Waals surface area contributed by atoms with Crippen molar-refractivity contribution in [2.75, 3.05) is 0 Å². The Labute approximate surface area is 95.6 Å². The monoisotopic (exact) mass is 272 g/mol. The lowest BCUT2D eigenvalue weighted by Crippen LogP contribution is -1.91. The van der Waals surface area contributed by atoms with Gasteiger partial charge in [0.15, 0.2) is 0 Å². The number of halogens is 2. The highest BCUT2D eigenvalue weighted by Gasteiger charge is 1.98. The Morgan fingerprint density at radius 3 is 2.87 bits per heavy atom. The average Bonchev–Trinajstić information content (AvgIpc) is 2.14. The van der Waals surface area contributed by atoms with Crippen LogP contribution in [0, 0.1) is 5.82 Å². The number of hydrogen-bond acceptors (Lipinski definition) is 1. The number of carboxylic acids is 1. The molecule has 0 radical (unpaired) electrons. The summed E-state index contributed by atoms with van der Waals surface area (Å²) >= 11 is 3.16. The second-order valence-electron chi connectivity index (χ2n) is 3.00. The zero-order valence-electron chi connectivity index (χ0n) is 7.91. The summed E-state index contributed by atoms with van der Waals surface area (Å²) in [5, 5.41) is 8.39. The molecule has 0 bridgehead atoms. The third-order valence-corrected chi connectivity index (χ3v) is 2.28. The normalized spacial score (nSPS) is 10.8. The third-order valence-electron chi connectivity index (χ3n) is 1.78. The topological polar surface area (TPSA) is 37.3 Å². The van der Waals surface area contributed by atoms with E-state index in [1.54, 1.807) is 24.3 Å². The Bertz CT molecular complexity index is 388. The lowest BCUT2D eigenvalue weighted by atomic mass is 10.2. The van der Waals surface area contributed by atoms with Crippen molar-refractivity contribution in [1.82, 2.24) is 0 Å². The molecule has 0 atom stereocenters. The van der Waals surface area contributed by atoms with Crippen molar-refractivity contribution < 1.29 is 14.3 Å². The van der Waals surface area contributed by atoms with Crippen molar-refractivity contribution in [3.8, 4) is 0 Å². The predicted octanol–water partition coefficient (Wildman–Crippen LogP) is 3.47. The minimum Gasteiger partial charge on any atom is -0.481 e. The summed E-state index contributed by atoms with van der Waals surface area (Å²) in [6.45, 7) is 0. The van der Waals surface area contributed by atoms with Crippen molar-refractivity contribution in [1.29, 1.82) is 0 Å². The van der Waals surface area contributed by atoms with E-state index in [0.29, 0.717) is 16.5 Å². The van der Waals surface area contributed by atoms with Gasteiger partial charge in [-0.3, -0.25) is 4.79 Å². The molecule has 4 heteroatoms. The first-order valence-corrected chi connectivity index (χ1v) is 5.22. The molecule has 2 nitrogen and oxygen atoms in total. The Balaban J connectivity index is 2.60. The maximum atomic E-state index is 13.2. The molecule has 0 saturated heterocycles.